The maximum Gasteiger partial charge on any atom is 0.254 e. The van der Waals surface area contributed by atoms with Crippen LogP contribution in [0.5, 0.6) is 0 Å². The SMILES string of the molecule is Cc1cnccc1C(=O)N1CCC(C(C)(C)O)C1. The molecule has 1 saturated heterocycles. The Labute approximate surface area is 108 Å². The number of amides is 1. The van der Waals surface area contributed by atoms with Crippen LogP contribution in [0.2, 0.25) is 0 Å². The highest BCUT2D eigenvalue weighted by molar-refractivity contribution is 5.95. The molecule has 1 aliphatic rings. The van der Waals surface area contributed by atoms with E-state index in [0.717, 1.165) is 18.5 Å². The summed E-state index contributed by atoms with van der Waals surface area (Å²) in [5.41, 5.74) is 0.887. The van der Waals surface area contributed by atoms with Crippen LogP contribution in [0.1, 0.15) is 36.2 Å². The normalized spacial score (nSPS) is 20.2. The highest BCUT2D eigenvalue weighted by Crippen LogP contribution is 2.28. The number of carbonyl (C=O) groups is 1. The first-order valence-electron chi connectivity index (χ1n) is 6.32. The fourth-order valence-corrected chi connectivity index (χ4v) is 2.41. The molecule has 1 aliphatic heterocycles. The van der Waals surface area contributed by atoms with Crippen LogP contribution in [0, 0.1) is 12.8 Å². The molecule has 1 aromatic rings. The molecule has 1 atom stereocenters. The van der Waals surface area contributed by atoms with Gasteiger partial charge in [0, 0.05) is 37.0 Å². The van der Waals surface area contributed by atoms with Gasteiger partial charge in [-0.15, -0.1) is 0 Å². The lowest BCUT2D eigenvalue weighted by molar-refractivity contribution is 0.0211. The summed E-state index contributed by atoms with van der Waals surface area (Å²) in [6.45, 7) is 6.86. The van der Waals surface area contributed by atoms with Gasteiger partial charge in [0.1, 0.15) is 0 Å². The second-order valence-electron chi connectivity index (χ2n) is 5.58. The smallest absolute Gasteiger partial charge is 0.254 e. The maximum absolute atomic E-state index is 12.4. The summed E-state index contributed by atoms with van der Waals surface area (Å²) < 4.78 is 0. The van der Waals surface area contributed by atoms with E-state index < -0.39 is 5.60 Å². The Morgan fingerprint density at radius 1 is 1.56 bits per heavy atom. The van der Waals surface area contributed by atoms with E-state index in [-0.39, 0.29) is 11.8 Å². The summed E-state index contributed by atoms with van der Waals surface area (Å²) in [6, 6.07) is 1.76. The standard InChI is InChI=1S/C14H20N2O2/c1-10-8-15-6-4-12(10)13(17)16-7-5-11(9-16)14(2,3)18/h4,6,8,11,18H,5,7,9H2,1-3H3. The van der Waals surface area contributed by atoms with Gasteiger partial charge in [0.05, 0.1) is 5.60 Å². The molecule has 0 bridgehead atoms. The minimum absolute atomic E-state index is 0.0432. The van der Waals surface area contributed by atoms with Crippen molar-refractivity contribution in [2.45, 2.75) is 32.8 Å². The molecule has 1 amide bonds. The Morgan fingerprint density at radius 2 is 2.28 bits per heavy atom. The fourth-order valence-electron chi connectivity index (χ4n) is 2.41. The zero-order chi connectivity index (χ0) is 13.3. The van der Waals surface area contributed by atoms with E-state index in [4.69, 9.17) is 0 Å². The Bertz CT molecular complexity index is 451. The van der Waals surface area contributed by atoms with Gasteiger partial charge in [-0.05, 0) is 38.8 Å². The molecular formula is C14H20N2O2. The van der Waals surface area contributed by atoms with Gasteiger partial charge in [0.25, 0.3) is 5.91 Å². The molecule has 0 saturated carbocycles. The highest BCUT2D eigenvalue weighted by atomic mass is 16.3. The predicted molar refractivity (Wildman–Crippen MR) is 69.3 cm³/mol. The van der Waals surface area contributed by atoms with Crippen LogP contribution in [0.3, 0.4) is 0 Å². The van der Waals surface area contributed by atoms with Gasteiger partial charge in [-0.1, -0.05) is 0 Å². The zero-order valence-corrected chi connectivity index (χ0v) is 11.2. The molecule has 2 rings (SSSR count). The largest absolute Gasteiger partial charge is 0.390 e. The van der Waals surface area contributed by atoms with Crippen molar-refractivity contribution in [2.24, 2.45) is 5.92 Å². The predicted octanol–water partition coefficient (Wildman–Crippen LogP) is 1.62. The lowest BCUT2D eigenvalue weighted by Crippen LogP contribution is -2.35. The van der Waals surface area contributed by atoms with E-state index in [0.29, 0.717) is 12.1 Å². The minimum atomic E-state index is -0.720. The van der Waals surface area contributed by atoms with Gasteiger partial charge in [-0.3, -0.25) is 9.78 Å². The molecule has 98 valence electrons. The number of rotatable bonds is 2. The lowest BCUT2D eigenvalue weighted by Gasteiger charge is -2.25. The van der Waals surface area contributed by atoms with E-state index in [1.807, 2.05) is 25.7 Å². The molecule has 1 N–H and O–H groups in total. The average molecular weight is 248 g/mol. The first-order chi connectivity index (χ1) is 8.39. The van der Waals surface area contributed by atoms with Crippen LogP contribution < -0.4 is 0 Å². The molecule has 1 fully saturated rings. The summed E-state index contributed by atoms with van der Waals surface area (Å²) in [6.07, 6.45) is 4.21. The van der Waals surface area contributed by atoms with E-state index in [9.17, 15) is 9.90 Å². The maximum atomic E-state index is 12.4. The number of likely N-dealkylation sites (tertiary alicyclic amines) is 1. The van der Waals surface area contributed by atoms with Crippen LogP contribution >= 0.6 is 0 Å². The fraction of sp³-hybridized carbons (Fsp3) is 0.571. The zero-order valence-electron chi connectivity index (χ0n) is 11.2. The lowest BCUT2D eigenvalue weighted by atomic mass is 9.90. The monoisotopic (exact) mass is 248 g/mol. The van der Waals surface area contributed by atoms with Crippen molar-refractivity contribution >= 4 is 5.91 Å². The van der Waals surface area contributed by atoms with E-state index in [1.54, 1.807) is 18.5 Å². The molecule has 2 heterocycles. The Balaban J connectivity index is 2.11. The van der Waals surface area contributed by atoms with Crippen molar-refractivity contribution < 1.29 is 9.90 Å². The molecule has 1 unspecified atom stereocenters. The first kappa shape index (κ1) is 13.0. The summed E-state index contributed by atoms with van der Waals surface area (Å²) in [5, 5.41) is 9.99. The van der Waals surface area contributed by atoms with Crippen molar-refractivity contribution in [3.05, 3.63) is 29.6 Å². The number of nitrogens with zero attached hydrogens (tertiary/aromatic N) is 2. The number of aliphatic hydroxyl groups is 1. The Hall–Kier alpha value is -1.42. The third-order valence-corrected chi connectivity index (χ3v) is 3.73. The number of aryl methyl sites for hydroxylation is 1. The number of aromatic nitrogens is 1. The van der Waals surface area contributed by atoms with Crippen molar-refractivity contribution in [1.82, 2.24) is 9.88 Å². The molecule has 0 aliphatic carbocycles. The molecule has 18 heavy (non-hydrogen) atoms. The Kier molecular flexibility index (Phi) is 3.39. The van der Waals surface area contributed by atoms with E-state index >= 15 is 0 Å². The summed E-state index contributed by atoms with van der Waals surface area (Å²) >= 11 is 0. The molecular weight excluding hydrogens is 228 g/mol. The molecule has 0 spiro atoms. The van der Waals surface area contributed by atoms with Crippen LogP contribution in [-0.2, 0) is 0 Å². The Morgan fingerprint density at radius 3 is 2.83 bits per heavy atom. The van der Waals surface area contributed by atoms with Crippen LogP contribution in [-0.4, -0.2) is 39.6 Å². The molecule has 0 aromatic carbocycles. The van der Waals surface area contributed by atoms with Gasteiger partial charge in [-0.2, -0.15) is 0 Å². The summed E-state index contributed by atoms with van der Waals surface area (Å²) in [4.78, 5) is 18.2. The number of hydrogen-bond acceptors (Lipinski definition) is 3. The average Bonchev–Trinajstić information content (AvgIpc) is 2.77. The topological polar surface area (TPSA) is 53.4 Å². The van der Waals surface area contributed by atoms with Gasteiger partial charge in [0.15, 0.2) is 0 Å². The molecule has 1 aromatic heterocycles. The van der Waals surface area contributed by atoms with Crippen molar-refractivity contribution in [3.63, 3.8) is 0 Å². The number of hydrogen-bond donors (Lipinski definition) is 1. The number of carbonyl (C=O) groups excluding carboxylic acids is 1. The van der Waals surface area contributed by atoms with Crippen LogP contribution in [0.15, 0.2) is 18.5 Å². The first-order valence-corrected chi connectivity index (χ1v) is 6.32. The van der Waals surface area contributed by atoms with Crippen molar-refractivity contribution in [1.29, 1.82) is 0 Å². The highest BCUT2D eigenvalue weighted by Gasteiger charge is 2.35. The molecule has 0 radical (unpaired) electrons. The van der Waals surface area contributed by atoms with Crippen LogP contribution in [0.4, 0.5) is 0 Å². The number of pyridine rings is 1. The van der Waals surface area contributed by atoms with Crippen LogP contribution in [0.25, 0.3) is 0 Å². The molecule has 4 heteroatoms. The minimum Gasteiger partial charge on any atom is -0.390 e. The van der Waals surface area contributed by atoms with Gasteiger partial charge >= 0.3 is 0 Å². The quantitative estimate of drug-likeness (QED) is 0.865. The van der Waals surface area contributed by atoms with Gasteiger partial charge < -0.3 is 10.0 Å². The van der Waals surface area contributed by atoms with Gasteiger partial charge in [-0.25, -0.2) is 0 Å². The van der Waals surface area contributed by atoms with E-state index in [1.165, 1.54) is 0 Å². The summed E-state index contributed by atoms with van der Waals surface area (Å²) in [7, 11) is 0. The summed E-state index contributed by atoms with van der Waals surface area (Å²) in [5.74, 6) is 0.199. The van der Waals surface area contributed by atoms with Crippen molar-refractivity contribution in [3.8, 4) is 0 Å². The third kappa shape index (κ3) is 2.53. The second kappa shape index (κ2) is 4.69. The molecule has 4 nitrogen and oxygen atoms in total. The van der Waals surface area contributed by atoms with Crippen molar-refractivity contribution in [2.75, 3.05) is 13.1 Å². The second-order valence-corrected chi connectivity index (χ2v) is 5.58. The third-order valence-electron chi connectivity index (χ3n) is 3.73. The van der Waals surface area contributed by atoms with Gasteiger partial charge in [0.2, 0.25) is 0 Å². The van der Waals surface area contributed by atoms with E-state index in [2.05, 4.69) is 4.98 Å².